The van der Waals surface area contributed by atoms with E-state index < -0.39 is 0 Å². The molecule has 0 radical (unpaired) electrons. The van der Waals surface area contributed by atoms with E-state index in [1.54, 1.807) is 0 Å². The van der Waals surface area contributed by atoms with Gasteiger partial charge in [-0.3, -0.25) is 4.79 Å². The van der Waals surface area contributed by atoms with Gasteiger partial charge < -0.3 is 0 Å². The lowest BCUT2D eigenvalue weighted by atomic mass is 10.1. The first-order valence-electron chi connectivity index (χ1n) is 5.46. The van der Waals surface area contributed by atoms with Gasteiger partial charge in [-0.25, -0.2) is 15.1 Å². The van der Waals surface area contributed by atoms with Crippen LogP contribution >= 0.6 is 0 Å². The lowest BCUT2D eigenvalue weighted by Crippen LogP contribution is -2.24. The zero-order valence-corrected chi connectivity index (χ0v) is 9.95. The molecule has 6 nitrogen and oxygen atoms in total. The number of hydrazone groups is 1. The molecule has 0 aliphatic rings. The molecule has 1 aromatic heterocycles. The zero-order chi connectivity index (χ0) is 12.8. The van der Waals surface area contributed by atoms with E-state index in [1.807, 2.05) is 37.3 Å². The van der Waals surface area contributed by atoms with Crippen molar-refractivity contribution in [3.63, 3.8) is 0 Å². The molecule has 0 saturated heterocycles. The van der Waals surface area contributed by atoms with Crippen LogP contribution in [0.25, 0.3) is 0 Å². The summed E-state index contributed by atoms with van der Waals surface area (Å²) in [6, 6.07) is 9.64. The second kappa shape index (κ2) is 5.72. The Morgan fingerprint density at radius 2 is 2.17 bits per heavy atom. The molecule has 0 unspecified atom stereocenters. The molecule has 0 bridgehead atoms. The topological polar surface area (TPSA) is 72.2 Å². The Kier molecular flexibility index (Phi) is 3.80. The van der Waals surface area contributed by atoms with Crippen molar-refractivity contribution in [1.29, 1.82) is 0 Å². The number of benzene rings is 1. The van der Waals surface area contributed by atoms with E-state index in [0.29, 0.717) is 0 Å². The van der Waals surface area contributed by atoms with Crippen LogP contribution in [-0.2, 0) is 11.3 Å². The average molecular weight is 243 g/mol. The van der Waals surface area contributed by atoms with E-state index in [4.69, 9.17) is 0 Å². The molecule has 18 heavy (non-hydrogen) atoms. The van der Waals surface area contributed by atoms with Crippen LogP contribution in [0.4, 0.5) is 0 Å². The first-order valence-corrected chi connectivity index (χ1v) is 5.46. The van der Waals surface area contributed by atoms with Crippen molar-refractivity contribution >= 4 is 11.6 Å². The summed E-state index contributed by atoms with van der Waals surface area (Å²) in [7, 11) is 0. The summed E-state index contributed by atoms with van der Waals surface area (Å²) in [6.07, 6.45) is 2.86. The molecule has 1 aromatic carbocycles. The molecule has 0 aliphatic carbocycles. The van der Waals surface area contributed by atoms with Gasteiger partial charge in [0.25, 0.3) is 5.91 Å². The highest BCUT2D eigenvalue weighted by Gasteiger charge is 2.02. The highest BCUT2D eigenvalue weighted by atomic mass is 16.2. The molecule has 0 fully saturated rings. The number of amides is 1. The number of nitrogens with zero attached hydrogens (tertiary/aromatic N) is 4. The van der Waals surface area contributed by atoms with Gasteiger partial charge in [-0.2, -0.15) is 10.2 Å². The van der Waals surface area contributed by atoms with Crippen molar-refractivity contribution < 1.29 is 4.79 Å². The largest absolute Gasteiger partial charge is 0.271 e. The van der Waals surface area contributed by atoms with Crippen molar-refractivity contribution in [3.05, 3.63) is 48.5 Å². The van der Waals surface area contributed by atoms with Crippen LogP contribution in [0.3, 0.4) is 0 Å². The van der Waals surface area contributed by atoms with Gasteiger partial charge in [-0.15, -0.1) is 0 Å². The van der Waals surface area contributed by atoms with Crippen molar-refractivity contribution in [3.8, 4) is 0 Å². The number of carbonyl (C=O) groups excluding carboxylic acids is 1. The normalized spacial score (nSPS) is 11.3. The summed E-state index contributed by atoms with van der Waals surface area (Å²) in [6.45, 7) is 1.94. The fourth-order valence-electron chi connectivity index (χ4n) is 1.39. The Morgan fingerprint density at radius 3 is 2.83 bits per heavy atom. The standard InChI is InChI=1S/C12H13N5O/c1-10(11-5-3-2-4-6-11)15-16-12(18)7-17-9-13-8-14-17/h2-6,8-9H,7H2,1H3,(H,16,18)/b15-10+. The minimum Gasteiger partial charge on any atom is -0.271 e. The molecule has 0 saturated carbocycles. The van der Waals surface area contributed by atoms with Crippen LogP contribution in [-0.4, -0.2) is 26.4 Å². The third kappa shape index (κ3) is 3.24. The summed E-state index contributed by atoms with van der Waals surface area (Å²) in [5.74, 6) is -0.240. The van der Waals surface area contributed by atoms with E-state index in [1.165, 1.54) is 17.3 Å². The van der Waals surface area contributed by atoms with Crippen LogP contribution in [0.15, 0.2) is 48.1 Å². The van der Waals surface area contributed by atoms with Crippen LogP contribution in [0.2, 0.25) is 0 Å². The SMILES string of the molecule is C/C(=N\NC(=O)Cn1cncn1)c1ccccc1. The predicted molar refractivity (Wildman–Crippen MR) is 66.8 cm³/mol. The lowest BCUT2D eigenvalue weighted by Gasteiger charge is -2.02. The number of hydrogen-bond acceptors (Lipinski definition) is 4. The summed E-state index contributed by atoms with van der Waals surface area (Å²) < 4.78 is 1.43. The molecular formula is C12H13N5O. The molecule has 0 aliphatic heterocycles. The van der Waals surface area contributed by atoms with Gasteiger partial charge in [0.05, 0.1) is 5.71 Å². The second-order valence-electron chi connectivity index (χ2n) is 3.69. The molecule has 0 spiro atoms. The van der Waals surface area contributed by atoms with Gasteiger partial charge in [0.15, 0.2) is 0 Å². The lowest BCUT2D eigenvalue weighted by molar-refractivity contribution is -0.121. The Labute approximate surface area is 104 Å². The van der Waals surface area contributed by atoms with Crippen molar-refractivity contribution in [2.75, 3.05) is 0 Å². The number of rotatable bonds is 4. The number of nitrogens with one attached hydrogen (secondary N) is 1. The first-order chi connectivity index (χ1) is 8.75. The van der Waals surface area contributed by atoms with E-state index in [2.05, 4.69) is 20.6 Å². The molecule has 6 heteroatoms. The van der Waals surface area contributed by atoms with Gasteiger partial charge in [-0.1, -0.05) is 30.3 Å². The maximum Gasteiger partial charge on any atom is 0.261 e. The molecule has 1 N–H and O–H groups in total. The molecule has 92 valence electrons. The Balaban J connectivity index is 1.92. The summed E-state index contributed by atoms with van der Waals surface area (Å²) in [4.78, 5) is 15.3. The molecule has 2 aromatic rings. The fourth-order valence-corrected chi connectivity index (χ4v) is 1.39. The maximum absolute atomic E-state index is 11.5. The highest BCUT2D eigenvalue weighted by molar-refractivity contribution is 5.99. The van der Waals surface area contributed by atoms with Crippen LogP contribution < -0.4 is 5.43 Å². The third-order valence-electron chi connectivity index (χ3n) is 2.31. The molecule has 1 heterocycles. The van der Waals surface area contributed by atoms with Crippen LogP contribution in [0.1, 0.15) is 12.5 Å². The number of carbonyl (C=O) groups is 1. The van der Waals surface area contributed by atoms with E-state index in [0.717, 1.165) is 11.3 Å². The van der Waals surface area contributed by atoms with Gasteiger partial charge in [-0.05, 0) is 12.5 Å². The molecule has 0 atom stereocenters. The third-order valence-corrected chi connectivity index (χ3v) is 2.31. The average Bonchev–Trinajstić information content (AvgIpc) is 2.90. The summed E-state index contributed by atoms with van der Waals surface area (Å²) >= 11 is 0. The molecule has 1 amide bonds. The Bertz CT molecular complexity index is 533. The minimum absolute atomic E-state index is 0.103. The zero-order valence-electron chi connectivity index (χ0n) is 9.95. The molecule has 2 rings (SSSR count). The smallest absolute Gasteiger partial charge is 0.261 e. The molecular weight excluding hydrogens is 230 g/mol. The van der Waals surface area contributed by atoms with Gasteiger partial charge in [0.1, 0.15) is 19.2 Å². The van der Waals surface area contributed by atoms with E-state index in [9.17, 15) is 4.79 Å². The Morgan fingerprint density at radius 1 is 1.39 bits per heavy atom. The van der Waals surface area contributed by atoms with Crippen molar-refractivity contribution in [2.24, 2.45) is 5.10 Å². The van der Waals surface area contributed by atoms with Crippen molar-refractivity contribution in [2.45, 2.75) is 13.5 Å². The minimum atomic E-state index is -0.240. The van der Waals surface area contributed by atoms with Gasteiger partial charge in [0, 0.05) is 0 Å². The highest BCUT2D eigenvalue weighted by Crippen LogP contribution is 1.99. The second-order valence-corrected chi connectivity index (χ2v) is 3.69. The van der Waals surface area contributed by atoms with E-state index >= 15 is 0 Å². The first kappa shape index (κ1) is 12.0. The van der Waals surface area contributed by atoms with E-state index in [-0.39, 0.29) is 12.5 Å². The monoisotopic (exact) mass is 243 g/mol. The Hall–Kier alpha value is -2.50. The summed E-state index contributed by atoms with van der Waals surface area (Å²) in [5, 5.41) is 7.87. The van der Waals surface area contributed by atoms with Gasteiger partial charge >= 0.3 is 0 Å². The maximum atomic E-state index is 11.5. The predicted octanol–water partition coefficient (Wildman–Crippen LogP) is 0.818. The van der Waals surface area contributed by atoms with Crippen LogP contribution in [0, 0.1) is 0 Å². The van der Waals surface area contributed by atoms with Crippen LogP contribution in [0.5, 0.6) is 0 Å². The van der Waals surface area contributed by atoms with Crippen molar-refractivity contribution in [1.82, 2.24) is 20.2 Å². The quantitative estimate of drug-likeness (QED) is 0.638. The summed E-state index contributed by atoms with van der Waals surface area (Å²) in [5.41, 5.74) is 4.20. The number of hydrogen-bond donors (Lipinski definition) is 1. The fraction of sp³-hybridized carbons (Fsp3) is 0.167. The van der Waals surface area contributed by atoms with Gasteiger partial charge in [0.2, 0.25) is 0 Å². The number of aromatic nitrogens is 3.